The first-order valence-corrected chi connectivity index (χ1v) is 8.52. The first-order chi connectivity index (χ1) is 12.3. The molecule has 0 bridgehead atoms. The van der Waals surface area contributed by atoms with Crippen LogP contribution in [0.3, 0.4) is 0 Å². The summed E-state index contributed by atoms with van der Waals surface area (Å²) in [6.07, 6.45) is 0. The Morgan fingerprint density at radius 3 is 2.35 bits per heavy atom. The van der Waals surface area contributed by atoms with Gasteiger partial charge in [0.2, 0.25) is 5.91 Å². The molecule has 0 saturated carbocycles. The van der Waals surface area contributed by atoms with E-state index in [0.717, 1.165) is 5.69 Å². The maximum atomic E-state index is 11.9. The van der Waals surface area contributed by atoms with E-state index in [1.54, 1.807) is 24.3 Å². The number of anilines is 2. The van der Waals surface area contributed by atoms with Crippen LogP contribution in [0.2, 0.25) is 10.0 Å². The van der Waals surface area contributed by atoms with Gasteiger partial charge in [-0.25, -0.2) is 0 Å². The van der Waals surface area contributed by atoms with E-state index >= 15 is 0 Å². The standard InChI is InChI=1S/C18H19Cl2N3O3/c1-23(2)14-6-4-13(5-7-14)22-17(24)10-21-18(25)11-26-16-8-3-12(19)9-15(16)20/h3-9H,10-11H2,1-2H3,(H,21,25)(H,22,24). The van der Waals surface area contributed by atoms with E-state index in [-0.39, 0.29) is 19.1 Å². The summed E-state index contributed by atoms with van der Waals surface area (Å²) in [5.41, 5.74) is 1.67. The van der Waals surface area contributed by atoms with E-state index in [1.807, 2.05) is 31.1 Å². The van der Waals surface area contributed by atoms with E-state index in [2.05, 4.69) is 10.6 Å². The molecular weight excluding hydrogens is 377 g/mol. The van der Waals surface area contributed by atoms with Crippen LogP contribution in [0, 0.1) is 0 Å². The number of nitrogens with zero attached hydrogens (tertiary/aromatic N) is 1. The predicted molar refractivity (Wildman–Crippen MR) is 104 cm³/mol. The molecule has 138 valence electrons. The average molecular weight is 396 g/mol. The summed E-state index contributed by atoms with van der Waals surface area (Å²) >= 11 is 11.7. The fourth-order valence-corrected chi connectivity index (χ4v) is 2.48. The number of rotatable bonds is 7. The molecule has 0 fully saturated rings. The summed E-state index contributed by atoms with van der Waals surface area (Å²) in [6.45, 7) is -0.419. The number of carbonyl (C=O) groups excluding carboxylic acids is 2. The first kappa shape index (κ1) is 19.9. The Balaban J connectivity index is 1.75. The maximum absolute atomic E-state index is 11.9. The Hall–Kier alpha value is -2.44. The smallest absolute Gasteiger partial charge is 0.258 e. The molecule has 0 aliphatic carbocycles. The number of hydrogen-bond acceptors (Lipinski definition) is 4. The summed E-state index contributed by atoms with van der Waals surface area (Å²) < 4.78 is 5.30. The lowest BCUT2D eigenvalue weighted by molar-refractivity contribution is -0.125. The highest BCUT2D eigenvalue weighted by Crippen LogP contribution is 2.27. The van der Waals surface area contributed by atoms with Gasteiger partial charge in [-0.3, -0.25) is 9.59 Å². The van der Waals surface area contributed by atoms with Gasteiger partial charge in [0.05, 0.1) is 11.6 Å². The fraction of sp³-hybridized carbons (Fsp3) is 0.222. The van der Waals surface area contributed by atoms with Crippen molar-refractivity contribution in [3.63, 3.8) is 0 Å². The Bertz CT molecular complexity index is 780. The molecule has 2 aromatic carbocycles. The number of hydrogen-bond donors (Lipinski definition) is 2. The van der Waals surface area contributed by atoms with Crippen LogP contribution >= 0.6 is 23.2 Å². The van der Waals surface area contributed by atoms with Gasteiger partial charge >= 0.3 is 0 Å². The van der Waals surface area contributed by atoms with Crippen LogP contribution in [-0.4, -0.2) is 39.1 Å². The summed E-state index contributed by atoms with van der Waals surface area (Å²) in [5, 5.41) is 5.97. The van der Waals surface area contributed by atoms with Gasteiger partial charge in [0.1, 0.15) is 5.75 Å². The minimum absolute atomic E-state index is 0.161. The van der Waals surface area contributed by atoms with Gasteiger partial charge in [0.25, 0.3) is 5.91 Å². The molecule has 0 spiro atoms. The number of carbonyl (C=O) groups is 2. The van der Waals surface area contributed by atoms with Gasteiger partial charge < -0.3 is 20.3 Å². The van der Waals surface area contributed by atoms with Crippen LogP contribution in [-0.2, 0) is 9.59 Å². The number of ether oxygens (including phenoxy) is 1. The van der Waals surface area contributed by atoms with Gasteiger partial charge in [0, 0.05) is 30.5 Å². The summed E-state index contributed by atoms with van der Waals surface area (Å²) in [6, 6.07) is 12.1. The monoisotopic (exact) mass is 395 g/mol. The van der Waals surface area contributed by atoms with Crippen molar-refractivity contribution < 1.29 is 14.3 Å². The fourth-order valence-electron chi connectivity index (χ4n) is 2.01. The van der Waals surface area contributed by atoms with Crippen LogP contribution in [0.4, 0.5) is 11.4 Å². The summed E-state index contributed by atoms with van der Waals surface area (Å²) in [5.74, 6) is -0.425. The molecule has 0 atom stereocenters. The summed E-state index contributed by atoms with van der Waals surface area (Å²) in [4.78, 5) is 25.6. The zero-order valence-electron chi connectivity index (χ0n) is 14.4. The molecule has 0 radical (unpaired) electrons. The van der Waals surface area contributed by atoms with Crippen LogP contribution in [0.5, 0.6) is 5.75 Å². The van der Waals surface area contributed by atoms with Crippen molar-refractivity contribution in [3.8, 4) is 5.75 Å². The van der Waals surface area contributed by atoms with Crippen molar-refractivity contribution in [2.24, 2.45) is 0 Å². The van der Waals surface area contributed by atoms with Gasteiger partial charge in [-0.1, -0.05) is 23.2 Å². The van der Waals surface area contributed by atoms with Gasteiger partial charge in [0.15, 0.2) is 6.61 Å². The molecule has 2 aromatic rings. The minimum atomic E-state index is -0.436. The SMILES string of the molecule is CN(C)c1ccc(NC(=O)CNC(=O)COc2ccc(Cl)cc2Cl)cc1. The molecule has 2 N–H and O–H groups in total. The topological polar surface area (TPSA) is 70.7 Å². The lowest BCUT2D eigenvalue weighted by Gasteiger charge is -2.13. The minimum Gasteiger partial charge on any atom is -0.482 e. The molecular formula is C18H19Cl2N3O3. The van der Waals surface area contributed by atoms with Crippen molar-refractivity contribution in [1.82, 2.24) is 5.32 Å². The lowest BCUT2D eigenvalue weighted by Crippen LogP contribution is -2.35. The van der Waals surface area contributed by atoms with E-state index in [0.29, 0.717) is 21.5 Å². The molecule has 2 amide bonds. The third-order valence-corrected chi connectivity index (χ3v) is 3.90. The van der Waals surface area contributed by atoms with Crippen molar-refractivity contribution in [3.05, 3.63) is 52.5 Å². The van der Waals surface area contributed by atoms with Crippen molar-refractivity contribution in [2.45, 2.75) is 0 Å². The molecule has 0 aromatic heterocycles. The predicted octanol–water partition coefficient (Wildman–Crippen LogP) is 3.19. The van der Waals surface area contributed by atoms with E-state index in [4.69, 9.17) is 27.9 Å². The Labute approximate surface area is 162 Å². The van der Waals surface area contributed by atoms with Crippen LogP contribution in [0.15, 0.2) is 42.5 Å². The van der Waals surface area contributed by atoms with Crippen molar-refractivity contribution in [2.75, 3.05) is 37.5 Å². The highest BCUT2D eigenvalue weighted by atomic mass is 35.5. The number of halogens is 2. The lowest BCUT2D eigenvalue weighted by atomic mass is 10.2. The molecule has 26 heavy (non-hydrogen) atoms. The van der Waals surface area contributed by atoms with Crippen LogP contribution in [0.25, 0.3) is 0 Å². The van der Waals surface area contributed by atoms with E-state index in [1.165, 1.54) is 6.07 Å². The normalized spacial score (nSPS) is 10.2. The second kappa shape index (κ2) is 9.31. The van der Waals surface area contributed by atoms with Crippen LogP contribution in [0.1, 0.15) is 0 Å². The zero-order valence-corrected chi connectivity index (χ0v) is 15.9. The molecule has 0 heterocycles. The largest absolute Gasteiger partial charge is 0.482 e. The average Bonchev–Trinajstić information content (AvgIpc) is 2.59. The van der Waals surface area contributed by atoms with E-state index in [9.17, 15) is 9.59 Å². The second-order valence-electron chi connectivity index (χ2n) is 5.63. The summed E-state index contributed by atoms with van der Waals surface area (Å²) in [7, 11) is 3.87. The molecule has 0 saturated heterocycles. The molecule has 0 aliphatic rings. The van der Waals surface area contributed by atoms with Crippen molar-refractivity contribution in [1.29, 1.82) is 0 Å². The second-order valence-corrected chi connectivity index (χ2v) is 6.47. The maximum Gasteiger partial charge on any atom is 0.258 e. The van der Waals surface area contributed by atoms with Gasteiger partial charge in [-0.05, 0) is 42.5 Å². The molecule has 2 rings (SSSR count). The highest BCUT2D eigenvalue weighted by Gasteiger charge is 2.09. The van der Waals surface area contributed by atoms with E-state index < -0.39 is 5.91 Å². The zero-order chi connectivity index (χ0) is 19.1. The molecule has 0 aliphatic heterocycles. The highest BCUT2D eigenvalue weighted by molar-refractivity contribution is 6.35. The Kier molecular flexibility index (Phi) is 7.12. The molecule has 6 nitrogen and oxygen atoms in total. The Morgan fingerprint density at radius 2 is 1.73 bits per heavy atom. The Morgan fingerprint density at radius 1 is 1.04 bits per heavy atom. The molecule has 8 heteroatoms. The van der Waals surface area contributed by atoms with Gasteiger partial charge in [-0.15, -0.1) is 0 Å². The third-order valence-electron chi connectivity index (χ3n) is 3.37. The van der Waals surface area contributed by atoms with Gasteiger partial charge in [-0.2, -0.15) is 0 Å². The quantitative estimate of drug-likeness (QED) is 0.754. The number of amides is 2. The van der Waals surface area contributed by atoms with Crippen LogP contribution < -0.4 is 20.3 Å². The molecule has 0 unspecified atom stereocenters. The number of benzene rings is 2. The van der Waals surface area contributed by atoms with Crippen molar-refractivity contribution >= 4 is 46.4 Å². The first-order valence-electron chi connectivity index (χ1n) is 7.77. The third kappa shape index (κ3) is 6.13. The number of nitrogens with one attached hydrogen (secondary N) is 2.